The Morgan fingerprint density at radius 2 is 1.93 bits per heavy atom. The van der Waals surface area contributed by atoms with Crippen molar-refractivity contribution in [3.63, 3.8) is 0 Å². The molecule has 0 fully saturated rings. The summed E-state index contributed by atoms with van der Waals surface area (Å²) in [6.45, 7) is 2.55. The van der Waals surface area contributed by atoms with Crippen molar-refractivity contribution in [3.8, 4) is 11.8 Å². The Kier molecular flexibility index (Phi) is 6.77. The molecule has 0 heterocycles. The van der Waals surface area contributed by atoms with Crippen LogP contribution in [0.5, 0.6) is 5.75 Å². The number of nitrogens with one attached hydrogen (secondary N) is 1. The fraction of sp³-hybridized carbons (Fsp3) is 0.130. The molecule has 0 unspecified atom stereocenters. The van der Waals surface area contributed by atoms with E-state index in [1.165, 1.54) is 6.07 Å². The molecular weight excluding hydrogens is 407 g/mol. The zero-order valence-corrected chi connectivity index (χ0v) is 17.2. The van der Waals surface area contributed by atoms with E-state index in [0.29, 0.717) is 33.7 Å². The van der Waals surface area contributed by atoms with Gasteiger partial charge >= 0.3 is 0 Å². The summed E-state index contributed by atoms with van der Waals surface area (Å²) in [5, 5.41) is 14.9. The van der Waals surface area contributed by atoms with Gasteiger partial charge < -0.3 is 10.1 Å². The van der Waals surface area contributed by atoms with E-state index in [9.17, 15) is 10.1 Å². The molecule has 0 bridgehead atoms. The highest BCUT2D eigenvalue weighted by atomic mass is 35.5. The van der Waals surface area contributed by atoms with Gasteiger partial charge in [-0.15, -0.1) is 0 Å². The van der Waals surface area contributed by atoms with Crippen LogP contribution < -0.4 is 10.1 Å². The topological polar surface area (TPSA) is 62.1 Å². The highest BCUT2D eigenvalue weighted by Gasteiger charge is 2.14. The Morgan fingerprint density at radius 3 is 2.66 bits per heavy atom. The van der Waals surface area contributed by atoms with Crippen molar-refractivity contribution in [2.24, 2.45) is 0 Å². The van der Waals surface area contributed by atoms with Crippen LogP contribution in [0.2, 0.25) is 10.0 Å². The summed E-state index contributed by atoms with van der Waals surface area (Å²) in [5.41, 5.74) is 1.09. The Hall–Kier alpha value is -3.00. The number of rotatable bonds is 6. The first-order valence-electron chi connectivity index (χ1n) is 9.06. The van der Waals surface area contributed by atoms with Crippen LogP contribution in [0.15, 0.2) is 60.2 Å². The Bertz CT molecular complexity index is 1130. The molecule has 3 rings (SSSR count). The van der Waals surface area contributed by atoms with Crippen LogP contribution in [-0.4, -0.2) is 12.5 Å². The van der Waals surface area contributed by atoms with Crippen molar-refractivity contribution in [2.45, 2.75) is 13.3 Å². The number of amides is 1. The van der Waals surface area contributed by atoms with Gasteiger partial charge in [-0.25, -0.2) is 0 Å². The number of anilines is 1. The maximum atomic E-state index is 12.7. The van der Waals surface area contributed by atoms with Gasteiger partial charge in [-0.1, -0.05) is 60.5 Å². The fourth-order valence-corrected chi connectivity index (χ4v) is 3.13. The number of hydrogen-bond acceptors (Lipinski definition) is 3. The van der Waals surface area contributed by atoms with Crippen LogP contribution in [0, 0.1) is 11.3 Å². The van der Waals surface area contributed by atoms with Crippen LogP contribution in [0.25, 0.3) is 16.8 Å². The molecule has 3 aromatic carbocycles. The molecule has 0 aromatic heterocycles. The highest BCUT2D eigenvalue weighted by Crippen LogP contribution is 2.31. The van der Waals surface area contributed by atoms with E-state index < -0.39 is 5.91 Å². The van der Waals surface area contributed by atoms with Crippen molar-refractivity contribution in [2.75, 3.05) is 11.9 Å². The van der Waals surface area contributed by atoms with E-state index >= 15 is 0 Å². The van der Waals surface area contributed by atoms with Gasteiger partial charge in [0.2, 0.25) is 0 Å². The van der Waals surface area contributed by atoms with E-state index in [4.69, 9.17) is 27.9 Å². The van der Waals surface area contributed by atoms with Gasteiger partial charge in [0.1, 0.15) is 17.4 Å². The first-order chi connectivity index (χ1) is 14.0. The van der Waals surface area contributed by atoms with E-state index in [1.807, 2.05) is 49.4 Å². The predicted octanol–water partition coefficient (Wildman–Crippen LogP) is 6.48. The highest BCUT2D eigenvalue weighted by molar-refractivity contribution is 6.42. The first-order valence-corrected chi connectivity index (χ1v) is 9.81. The molecule has 0 radical (unpaired) electrons. The van der Waals surface area contributed by atoms with Crippen LogP contribution in [0.4, 0.5) is 5.69 Å². The van der Waals surface area contributed by atoms with Crippen molar-refractivity contribution in [3.05, 3.63) is 75.8 Å². The SMILES string of the molecule is CCCOc1ccc2ccccc2c1/C=C(\C#N)C(=O)Nc1ccc(Cl)c(Cl)c1. The molecule has 4 nitrogen and oxygen atoms in total. The first kappa shape index (κ1) is 20.7. The monoisotopic (exact) mass is 424 g/mol. The lowest BCUT2D eigenvalue weighted by molar-refractivity contribution is -0.112. The molecule has 0 aliphatic carbocycles. The average molecular weight is 425 g/mol. The standard InChI is InChI=1S/C23H18Cl2N2O2/c1-2-11-29-22-10-7-15-5-3-4-6-18(15)19(22)12-16(14-26)23(28)27-17-8-9-20(24)21(25)13-17/h3-10,12-13H,2,11H2,1H3,(H,27,28)/b16-12+. The Balaban J connectivity index is 2.01. The van der Waals surface area contributed by atoms with Gasteiger partial charge in [-0.05, 0) is 47.5 Å². The lowest BCUT2D eigenvalue weighted by atomic mass is 10.0. The second-order valence-corrected chi connectivity index (χ2v) is 7.11. The number of carbonyl (C=O) groups excluding carboxylic acids is 1. The average Bonchev–Trinajstić information content (AvgIpc) is 2.73. The van der Waals surface area contributed by atoms with E-state index in [0.717, 1.165) is 17.2 Å². The molecule has 0 saturated carbocycles. The second-order valence-electron chi connectivity index (χ2n) is 6.30. The minimum atomic E-state index is -0.541. The molecule has 0 aliphatic heterocycles. The summed E-state index contributed by atoms with van der Waals surface area (Å²) >= 11 is 11.9. The summed E-state index contributed by atoms with van der Waals surface area (Å²) in [5.74, 6) is 0.0842. The van der Waals surface area contributed by atoms with Gasteiger partial charge in [0.05, 0.1) is 16.7 Å². The van der Waals surface area contributed by atoms with Crippen LogP contribution in [0.3, 0.4) is 0 Å². The number of ether oxygens (including phenoxy) is 1. The van der Waals surface area contributed by atoms with E-state index in [1.54, 1.807) is 18.2 Å². The van der Waals surface area contributed by atoms with Crippen molar-refractivity contribution in [1.29, 1.82) is 5.26 Å². The number of benzene rings is 3. The zero-order chi connectivity index (χ0) is 20.8. The molecular formula is C23H18Cl2N2O2. The maximum absolute atomic E-state index is 12.7. The molecule has 3 aromatic rings. The lowest BCUT2D eigenvalue weighted by Gasteiger charge is -2.12. The number of halogens is 2. The second kappa shape index (κ2) is 9.47. The van der Waals surface area contributed by atoms with Crippen LogP contribution >= 0.6 is 23.2 Å². The number of fused-ring (bicyclic) bond motifs is 1. The van der Waals surface area contributed by atoms with Crippen molar-refractivity contribution < 1.29 is 9.53 Å². The molecule has 29 heavy (non-hydrogen) atoms. The summed E-state index contributed by atoms with van der Waals surface area (Å²) in [4.78, 5) is 12.7. The van der Waals surface area contributed by atoms with Crippen LogP contribution in [0.1, 0.15) is 18.9 Å². The molecule has 0 atom stereocenters. The van der Waals surface area contributed by atoms with Gasteiger partial charge in [-0.2, -0.15) is 5.26 Å². The third kappa shape index (κ3) is 4.89. The van der Waals surface area contributed by atoms with Gasteiger partial charge in [-0.3, -0.25) is 4.79 Å². The molecule has 1 N–H and O–H groups in total. The molecule has 146 valence electrons. The molecule has 6 heteroatoms. The summed E-state index contributed by atoms with van der Waals surface area (Å²) in [6, 6.07) is 18.3. The number of hydrogen-bond donors (Lipinski definition) is 1. The van der Waals surface area contributed by atoms with Crippen LogP contribution in [-0.2, 0) is 4.79 Å². The Morgan fingerprint density at radius 1 is 1.14 bits per heavy atom. The number of nitrogens with zero attached hydrogens (tertiary/aromatic N) is 1. The normalized spacial score (nSPS) is 11.2. The summed E-state index contributed by atoms with van der Waals surface area (Å²) in [6.07, 6.45) is 2.40. The summed E-state index contributed by atoms with van der Waals surface area (Å²) < 4.78 is 5.85. The quantitative estimate of drug-likeness (QED) is 0.363. The minimum Gasteiger partial charge on any atom is -0.493 e. The molecule has 0 aliphatic rings. The third-order valence-corrected chi connectivity index (χ3v) is 4.96. The van der Waals surface area contributed by atoms with E-state index in [2.05, 4.69) is 5.32 Å². The maximum Gasteiger partial charge on any atom is 0.266 e. The van der Waals surface area contributed by atoms with Crippen molar-refractivity contribution >= 4 is 51.6 Å². The number of nitriles is 1. The largest absolute Gasteiger partial charge is 0.493 e. The smallest absolute Gasteiger partial charge is 0.266 e. The predicted molar refractivity (Wildman–Crippen MR) is 118 cm³/mol. The molecule has 1 amide bonds. The van der Waals surface area contributed by atoms with Gasteiger partial charge in [0.25, 0.3) is 5.91 Å². The van der Waals surface area contributed by atoms with E-state index in [-0.39, 0.29) is 5.57 Å². The lowest BCUT2D eigenvalue weighted by Crippen LogP contribution is -2.13. The van der Waals surface area contributed by atoms with Gasteiger partial charge in [0, 0.05) is 11.3 Å². The van der Waals surface area contributed by atoms with Gasteiger partial charge in [0.15, 0.2) is 0 Å². The number of carbonyl (C=O) groups is 1. The fourth-order valence-electron chi connectivity index (χ4n) is 2.83. The Labute approximate surface area is 179 Å². The van der Waals surface area contributed by atoms with Crippen molar-refractivity contribution in [1.82, 2.24) is 0 Å². The molecule has 0 saturated heterocycles. The molecule has 0 spiro atoms. The summed E-state index contributed by atoms with van der Waals surface area (Å²) in [7, 11) is 0. The third-order valence-electron chi connectivity index (χ3n) is 4.22. The minimum absolute atomic E-state index is 0.0474. The zero-order valence-electron chi connectivity index (χ0n) is 15.7.